The quantitative estimate of drug-likeness (QED) is 0.378. The van der Waals surface area contributed by atoms with Gasteiger partial charge in [0.1, 0.15) is 0 Å². The van der Waals surface area contributed by atoms with E-state index in [-0.39, 0.29) is 0 Å². The summed E-state index contributed by atoms with van der Waals surface area (Å²) in [5, 5.41) is 0. The summed E-state index contributed by atoms with van der Waals surface area (Å²) in [4.78, 5) is 0. The molecule has 1 saturated heterocycles. The molecular formula is C21H32S. The Morgan fingerprint density at radius 2 is 1.77 bits per heavy atom. The van der Waals surface area contributed by atoms with Crippen molar-refractivity contribution in [3.8, 4) is 0 Å². The Balaban J connectivity index is 1.47. The second-order valence-corrected chi connectivity index (χ2v) is 11.5. The van der Waals surface area contributed by atoms with Gasteiger partial charge in [-0.05, 0) is 86.4 Å². The fourth-order valence-corrected chi connectivity index (χ4v) is 8.18. The van der Waals surface area contributed by atoms with Crippen LogP contribution in [0.1, 0.15) is 78.6 Å². The fraction of sp³-hybridized carbons (Fsp3) is 0.905. The maximum absolute atomic E-state index is 2.71. The normalized spacial score (nSPS) is 52.2. The first-order valence-corrected chi connectivity index (χ1v) is 10.8. The minimum absolute atomic E-state index is 0.527. The van der Waals surface area contributed by atoms with Crippen LogP contribution in [0.15, 0.2) is 11.1 Å². The molecule has 0 unspecified atom stereocenters. The third-order valence-electron chi connectivity index (χ3n) is 8.76. The van der Waals surface area contributed by atoms with Crippen LogP contribution in [0.4, 0.5) is 0 Å². The molecule has 2 saturated carbocycles. The Hall–Kier alpha value is 0.0900. The van der Waals surface area contributed by atoms with Gasteiger partial charge in [0, 0.05) is 10.5 Å². The van der Waals surface area contributed by atoms with E-state index in [1.165, 1.54) is 57.1 Å². The first-order chi connectivity index (χ1) is 10.4. The highest BCUT2D eigenvalue weighted by Crippen LogP contribution is 2.68. The monoisotopic (exact) mass is 316 g/mol. The van der Waals surface area contributed by atoms with Crippen molar-refractivity contribution in [1.29, 1.82) is 0 Å². The van der Waals surface area contributed by atoms with Gasteiger partial charge in [-0.25, -0.2) is 0 Å². The van der Waals surface area contributed by atoms with E-state index in [0.29, 0.717) is 10.8 Å². The van der Waals surface area contributed by atoms with Gasteiger partial charge < -0.3 is 0 Å². The standard InChI is InChI=1S/C21H32S/c1-19(2)9-8-16-15-5-4-14-12-21(13-22-21)11-10-20(14,3)18(15)7-6-17(16)19/h14-15,18H,4-13H2,1-3H3/t14-,15+,18-,20-,21-/m0/s1. The van der Waals surface area contributed by atoms with Crippen LogP contribution >= 0.6 is 11.8 Å². The predicted molar refractivity (Wildman–Crippen MR) is 96.1 cm³/mol. The molecule has 0 bridgehead atoms. The van der Waals surface area contributed by atoms with Crippen molar-refractivity contribution >= 4 is 11.8 Å². The summed E-state index contributed by atoms with van der Waals surface area (Å²) in [6, 6.07) is 0. The summed E-state index contributed by atoms with van der Waals surface area (Å²) in [5.74, 6) is 4.54. The van der Waals surface area contributed by atoms with Crippen LogP contribution in [0.5, 0.6) is 0 Å². The fourth-order valence-electron chi connectivity index (χ4n) is 7.15. The SMILES string of the molecule is CC1(C)CCC2=C1CC[C@H]1[C@@H]2CC[C@H]2C[C@@]3(CC[C@@]21C)CS3. The van der Waals surface area contributed by atoms with Crippen LogP contribution in [-0.4, -0.2) is 10.5 Å². The van der Waals surface area contributed by atoms with Crippen LogP contribution in [0.2, 0.25) is 0 Å². The summed E-state index contributed by atoms with van der Waals surface area (Å²) in [7, 11) is 0. The summed E-state index contributed by atoms with van der Waals surface area (Å²) in [6.07, 6.45) is 13.5. The second-order valence-electron chi connectivity index (χ2n) is 10.1. The molecule has 5 rings (SSSR count). The maximum atomic E-state index is 2.71. The molecule has 0 aromatic heterocycles. The number of hydrogen-bond donors (Lipinski definition) is 0. The Morgan fingerprint density at radius 1 is 0.955 bits per heavy atom. The smallest absolute Gasteiger partial charge is 0.0254 e. The lowest BCUT2D eigenvalue weighted by Gasteiger charge is -2.57. The van der Waals surface area contributed by atoms with Crippen LogP contribution < -0.4 is 0 Å². The number of hydrogen-bond acceptors (Lipinski definition) is 1. The minimum Gasteiger partial charge on any atom is -0.153 e. The zero-order chi connectivity index (χ0) is 15.2. The molecule has 1 aliphatic heterocycles. The number of allylic oxidation sites excluding steroid dienone is 2. The van der Waals surface area contributed by atoms with E-state index < -0.39 is 0 Å². The molecule has 122 valence electrons. The van der Waals surface area contributed by atoms with Gasteiger partial charge in [0.25, 0.3) is 0 Å². The summed E-state index contributed by atoms with van der Waals surface area (Å²) in [6.45, 7) is 7.73. The van der Waals surface area contributed by atoms with E-state index in [1.54, 1.807) is 6.42 Å². The van der Waals surface area contributed by atoms with Crippen molar-refractivity contribution < 1.29 is 0 Å². The van der Waals surface area contributed by atoms with Gasteiger partial charge in [0.05, 0.1) is 0 Å². The molecule has 5 aliphatic rings. The molecule has 0 nitrogen and oxygen atoms in total. The first-order valence-electron chi connectivity index (χ1n) is 9.80. The zero-order valence-corrected chi connectivity index (χ0v) is 15.5. The Labute approximate surface area is 140 Å². The van der Waals surface area contributed by atoms with Crippen molar-refractivity contribution in [3.63, 3.8) is 0 Å². The summed E-state index contributed by atoms with van der Waals surface area (Å²) in [5.41, 5.74) is 5.07. The lowest BCUT2D eigenvalue weighted by molar-refractivity contribution is -0.0375. The molecule has 1 spiro atoms. The molecule has 0 aromatic rings. The van der Waals surface area contributed by atoms with Crippen molar-refractivity contribution in [2.75, 3.05) is 5.75 Å². The van der Waals surface area contributed by atoms with Gasteiger partial charge in [0.15, 0.2) is 0 Å². The lowest BCUT2D eigenvalue weighted by Crippen LogP contribution is -2.49. The highest BCUT2D eigenvalue weighted by atomic mass is 32.2. The molecule has 5 atom stereocenters. The van der Waals surface area contributed by atoms with Gasteiger partial charge in [-0.3, -0.25) is 0 Å². The molecule has 1 heterocycles. The van der Waals surface area contributed by atoms with E-state index in [0.717, 1.165) is 22.5 Å². The third-order valence-corrected chi connectivity index (χ3v) is 10.2. The lowest BCUT2D eigenvalue weighted by atomic mass is 9.48. The Bertz CT molecular complexity index is 538. The zero-order valence-electron chi connectivity index (χ0n) is 14.7. The summed E-state index contributed by atoms with van der Waals surface area (Å²) >= 11 is 2.28. The van der Waals surface area contributed by atoms with Crippen LogP contribution in [0, 0.1) is 28.6 Å². The van der Waals surface area contributed by atoms with Crippen LogP contribution in [0.3, 0.4) is 0 Å². The number of fused-ring (bicyclic) bond motifs is 4. The average molecular weight is 317 g/mol. The largest absolute Gasteiger partial charge is 0.153 e. The molecule has 0 amide bonds. The van der Waals surface area contributed by atoms with Crippen LogP contribution in [-0.2, 0) is 0 Å². The van der Waals surface area contributed by atoms with E-state index in [4.69, 9.17) is 0 Å². The third kappa shape index (κ3) is 1.84. The van der Waals surface area contributed by atoms with Crippen molar-refractivity contribution in [1.82, 2.24) is 0 Å². The predicted octanol–water partition coefficient (Wildman–Crippen LogP) is 6.22. The van der Waals surface area contributed by atoms with E-state index in [9.17, 15) is 0 Å². The highest BCUT2D eigenvalue weighted by Gasteiger charge is 2.59. The minimum atomic E-state index is 0.527. The topological polar surface area (TPSA) is 0 Å². The van der Waals surface area contributed by atoms with Gasteiger partial charge >= 0.3 is 0 Å². The Morgan fingerprint density at radius 3 is 2.55 bits per heavy atom. The van der Waals surface area contributed by atoms with Crippen molar-refractivity contribution in [2.24, 2.45) is 28.6 Å². The molecule has 4 aliphatic carbocycles. The molecule has 0 aromatic carbocycles. The molecular weight excluding hydrogens is 284 g/mol. The second kappa shape index (κ2) is 4.38. The van der Waals surface area contributed by atoms with E-state index in [1.807, 2.05) is 11.1 Å². The Kier molecular flexibility index (Phi) is 2.87. The average Bonchev–Trinajstić information content (AvgIpc) is 3.17. The molecule has 0 radical (unpaired) electrons. The van der Waals surface area contributed by atoms with Gasteiger partial charge in [-0.2, -0.15) is 11.8 Å². The van der Waals surface area contributed by atoms with E-state index in [2.05, 4.69) is 32.5 Å². The van der Waals surface area contributed by atoms with Gasteiger partial charge in [-0.1, -0.05) is 31.9 Å². The highest BCUT2D eigenvalue weighted by molar-refractivity contribution is 8.07. The number of thioether (sulfide) groups is 1. The molecule has 22 heavy (non-hydrogen) atoms. The van der Waals surface area contributed by atoms with Crippen LogP contribution in [0.25, 0.3) is 0 Å². The van der Waals surface area contributed by atoms with Crippen molar-refractivity contribution in [3.05, 3.63) is 11.1 Å². The first kappa shape index (κ1) is 14.4. The van der Waals surface area contributed by atoms with E-state index >= 15 is 0 Å². The van der Waals surface area contributed by atoms with Crippen molar-refractivity contribution in [2.45, 2.75) is 83.3 Å². The molecule has 1 heteroatoms. The molecule has 0 N–H and O–H groups in total. The van der Waals surface area contributed by atoms with Gasteiger partial charge in [0.2, 0.25) is 0 Å². The molecule has 3 fully saturated rings. The summed E-state index contributed by atoms with van der Waals surface area (Å²) < 4.78 is 0.769. The number of rotatable bonds is 0. The van der Waals surface area contributed by atoms with Gasteiger partial charge in [-0.15, -0.1) is 0 Å². The maximum Gasteiger partial charge on any atom is 0.0254 e.